The van der Waals surface area contributed by atoms with Crippen molar-refractivity contribution in [2.45, 2.75) is 31.0 Å². The van der Waals surface area contributed by atoms with E-state index in [-0.39, 0.29) is 59.2 Å². The van der Waals surface area contributed by atoms with Crippen molar-refractivity contribution in [1.29, 1.82) is 0 Å². The number of aryl methyl sites for hydroxylation is 1. The van der Waals surface area contributed by atoms with E-state index >= 15 is 0 Å². The Morgan fingerprint density at radius 2 is 2.08 bits per heavy atom. The highest BCUT2D eigenvalue weighted by Gasteiger charge is 2.36. The molecule has 0 radical (unpaired) electrons. The van der Waals surface area contributed by atoms with E-state index in [1.54, 1.807) is 32.2 Å². The Balaban J connectivity index is 1.73. The lowest BCUT2D eigenvalue weighted by atomic mass is 9.99. The summed E-state index contributed by atoms with van der Waals surface area (Å²) in [6.45, 7) is 3.43. The second kappa shape index (κ2) is 11.5. The van der Waals surface area contributed by atoms with Gasteiger partial charge in [-0.05, 0) is 19.1 Å². The van der Waals surface area contributed by atoms with Crippen LogP contribution in [0, 0.1) is 5.92 Å². The zero-order valence-electron chi connectivity index (χ0n) is 22.1. The van der Waals surface area contributed by atoms with Crippen molar-refractivity contribution >= 4 is 27.5 Å². The van der Waals surface area contributed by atoms with Crippen LogP contribution in [-0.4, -0.2) is 93.0 Å². The average Bonchev–Trinajstić information content (AvgIpc) is 3.38. The van der Waals surface area contributed by atoms with E-state index in [1.807, 2.05) is 6.92 Å². The Hall–Kier alpha value is -3.88. The summed E-state index contributed by atoms with van der Waals surface area (Å²) in [5.41, 5.74) is 0.440. The van der Waals surface area contributed by atoms with Crippen LogP contribution in [0.1, 0.15) is 34.7 Å². The number of anilines is 1. The predicted octanol–water partition coefficient (Wildman–Crippen LogP) is 1.00. The Kier molecular flexibility index (Phi) is 8.28. The van der Waals surface area contributed by atoms with Crippen LogP contribution in [0.2, 0.25) is 0 Å². The minimum absolute atomic E-state index is 0.0638. The molecule has 0 bridgehead atoms. The van der Waals surface area contributed by atoms with Gasteiger partial charge in [-0.2, -0.15) is 4.31 Å². The van der Waals surface area contributed by atoms with E-state index in [0.29, 0.717) is 0 Å². The molecule has 3 heterocycles. The first-order chi connectivity index (χ1) is 18.5. The predicted molar refractivity (Wildman–Crippen MR) is 141 cm³/mol. The number of likely N-dealkylation sites (N-methyl/N-ethyl adjacent to an activating group) is 1. The molecule has 2 amide bonds. The van der Waals surface area contributed by atoms with E-state index in [0.717, 1.165) is 4.31 Å². The normalized spacial score (nSPS) is 18.6. The number of ether oxygens (including phenoxy) is 1. The Bertz CT molecular complexity index is 1450. The molecule has 0 unspecified atom stereocenters. The van der Waals surface area contributed by atoms with Gasteiger partial charge in [0.2, 0.25) is 0 Å². The van der Waals surface area contributed by atoms with Gasteiger partial charge in [-0.15, -0.1) is 0 Å². The number of aliphatic hydroxyl groups is 1. The second-order valence-corrected chi connectivity index (χ2v) is 11.5. The molecule has 14 heteroatoms. The molecule has 2 N–H and O–H groups in total. The van der Waals surface area contributed by atoms with E-state index in [1.165, 1.54) is 47.6 Å². The fourth-order valence-electron chi connectivity index (χ4n) is 4.20. The number of hydrogen-bond donors (Lipinski definition) is 2. The summed E-state index contributed by atoms with van der Waals surface area (Å²) in [4.78, 5) is 39.9. The minimum Gasteiger partial charge on any atom is -0.486 e. The van der Waals surface area contributed by atoms with Crippen LogP contribution in [0.25, 0.3) is 0 Å². The van der Waals surface area contributed by atoms with E-state index in [4.69, 9.17) is 4.74 Å². The molecule has 3 atom stereocenters. The van der Waals surface area contributed by atoms with Crippen LogP contribution in [0.4, 0.5) is 5.69 Å². The number of aliphatic hydroxyl groups excluding tert-OH is 1. The Labute approximate surface area is 226 Å². The van der Waals surface area contributed by atoms with Crippen LogP contribution in [0.15, 0.2) is 54.3 Å². The number of para-hydroxylation sites is 1. The number of nitrogens with zero attached hydrogens (tertiary/aromatic N) is 6. The topological polar surface area (TPSA) is 160 Å². The SMILES string of the molecule is C[C@H](CO)N1C[C@H](C)[C@H](CN(C)S(=O)(=O)c2cn(C)cn2)Oc2c(NC(=O)c3cnccn3)cccc2C1=O. The number of imidazole rings is 1. The number of aromatic nitrogens is 4. The number of amides is 2. The largest absolute Gasteiger partial charge is 0.486 e. The van der Waals surface area contributed by atoms with Crippen LogP contribution < -0.4 is 10.1 Å². The van der Waals surface area contributed by atoms with Crippen LogP contribution in [0.3, 0.4) is 0 Å². The lowest BCUT2D eigenvalue weighted by Gasteiger charge is -2.38. The van der Waals surface area contributed by atoms with Gasteiger partial charge in [0.05, 0.1) is 43.0 Å². The molecule has 4 rings (SSSR count). The van der Waals surface area contributed by atoms with Gasteiger partial charge in [-0.3, -0.25) is 14.6 Å². The molecule has 1 aromatic carbocycles. The number of hydrogen-bond acceptors (Lipinski definition) is 9. The molecule has 0 saturated heterocycles. The highest BCUT2D eigenvalue weighted by molar-refractivity contribution is 7.89. The monoisotopic (exact) mass is 557 g/mol. The number of benzene rings is 1. The summed E-state index contributed by atoms with van der Waals surface area (Å²) >= 11 is 0. The van der Waals surface area contributed by atoms with Crippen molar-refractivity contribution in [3.63, 3.8) is 0 Å². The van der Waals surface area contributed by atoms with Crippen molar-refractivity contribution in [3.8, 4) is 5.75 Å². The summed E-state index contributed by atoms with van der Waals surface area (Å²) in [6, 6.07) is 4.23. The van der Waals surface area contributed by atoms with Crippen molar-refractivity contribution in [3.05, 3.63) is 60.6 Å². The van der Waals surface area contributed by atoms with E-state index < -0.39 is 28.1 Å². The third-order valence-corrected chi connectivity index (χ3v) is 8.24. The van der Waals surface area contributed by atoms with E-state index in [2.05, 4.69) is 20.3 Å². The van der Waals surface area contributed by atoms with E-state index in [9.17, 15) is 23.1 Å². The number of nitrogens with one attached hydrogen (secondary N) is 1. The van der Waals surface area contributed by atoms with Gasteiger partial charge in [0.1, 0.15) is 11.8 Å². The first-order valence-corrected chi connectivity index (χ1v) is 13.7. The molecule has 0 saturated carbocycles. The molecule has 13 nitrogen and oxygen atoms in total. The van der Waals surface area contributed by atoms with Gasteiger partial charge in [0.25, 0.3) is 21.8 Å². The highest BCUT2D eigenvalue weighted by Crippen LogP contribution is 2.35. The summed E-state index contributed by atoms with van der Waals surface area (Å²) in [7, 11) is -0.828. The zero-order valence-corrected chi connectivity index (χ0v) is 22.9. The Morgan fingerprint density at radius 3 is 2.72 bits per heavy atom. The first-order valence-electron chi connectivity index (χ1n) is 12.3. The minimum atomic E-state index is -3.93. The van der Waals surface area contributed by atoms with Crippen LogP contribution in [0.5, 0.6) is 5.75 Å². The summed E-state index contributed by atoms with van der Waals surface area (Å²) < 4.78 is 35.4. The van der Waals surface area contributed by atoms with Crippen molar-refractivity contribution in [2.24, 2.45) is 13.0 Å². The molecular weight excluding hydrogens is 526 g/mol. The Morgan fingerprint density at radius 1 is 1.31 bits per heavy atom. The maximum absolute atomic E-state index is 13.6. The molecule has 1 aliphatic rings. The lowest BCUT2D eigenvalue weighted by Crippen LogP contribution is -2.50. The zero-order chi connectivity index (χ0) is 28.3. The van der Waals surface area contributed by atoms with Gasteiger partial charge in [0, 0.05) is 45.1 Å². The van der Waals surface area contributed by atoms with Gasteiger partial charge in [-0.25, -0.2) is 18.4 Å². The quantitative estimate of drug-likeness (QED) is 0.412. The summed E-state index contributed by atoms with van der Waals surface area (Å²) in [6.07, 6.45) is 6.21. The standard InChI is InChI=1S/C25H31N7O6S/c1-16-11-32(17(2)14-33)25(35)18-6-5-7-19(29-24(34)20-10-26-8-9-27-20)23(18)38-21(16)12-31(4)39(36,37)22-13-30(3)15-28-22/h5-10,13,15-17,21,33H,11-12,14H2,1-4H3,(H,29,34)/t16-,17+,21-/m0/s1. The molecule has 3 aromatic rings. The number of sulfonamides is 1. The van der Waals surface area contributed by atoms with Crippen molar-refractivity contribution in [1.82, 2.24) is 28.7 Å². The average molecular weight is 558 g/mol. The molecule has 1 aliphatic heterocycles. The molecule has 0 spiro atoms. The molecule has 0 fully saturated rings. The third-order valence-electron chi connectivity index (χ3n) is 6.53. The van der Waals surface area contributed by atoms with Crippen LogP contribution >= 0.6 is 0 Å². The van der Waals surface area contributed by atoms with Gasteiger partial charge in [-0.1, -0.05) is 13.0 Å². The first kappa shape index (κ1) is 28.1. The second-order valence-electron chi connectivity index (χ2n) is 9.51. The van der Waals surface area contributed by atoms with Gasteiger partial charge < -0.3 is 24.6 Å². The molecule has 39 heavy (non-hydrogen) atoms. The maximum Gasteiger partial charge on any atom is 0.275 e. The van der Waals surface area contributed by atoms with Crippen molar-refractivity contribution < 1.29 is 27.9 Å². The fraction of sp³-hybridized carbons (Fsp3) is 0.400. The van der Waals surface area contributed by atoms with Gasteiger partial charge >= 0.3 is 0 Å². The molecule has 2 aromatic heterocycles. The van der Waals surface area contributed by atoms with Crippen LogP contribution in [-0.2, 0) is 17.1 Å². The lowest BCUT2D eigenvalue weighted by molar-refractivity contribution is 0.0388. The maximum atomic E-state index is 13.6. The fourth-order valence-corrected chi connectivity index (χ4v) is 5.34. The van der Waals surface area contributed by atoms with Gasteiger partial charge in [0.15, 0.2) is 10.8 Å². The van der Waals surface area contributed by atoms with Crippen molar-refractivity contribution in [2.75, 3.05) is 32.1 Å². The summed E-state index contributed by atoms with van der Waals surface area (Å²) in [5, 5.41) is 12.5. The molecular formula is C25H31N7O6S. The number of carbonyl (C=O) groups is 2. The third kappa shape index (κ3) is 5.92. The number of carbonyl (C=O) groups excluding carboxylic acids is 2. The highest BCUT2D eigenvalue weighted by atomic mass is 32.2. The number of rotatable bonds is 8. The summed E-state index contributed by atoms with van der Waals surface area (Å²) in [5.74, 6) is -1.21. The molecule has 208 valence electrons. The smallest absolute Gasteiger partial charge is 0.275 e. The molecule has 0 aliphatic carbocycles. The number of fused-ring (bicyclic) bond motifs is 1.